The van der Waals surface area contributed by atoms with Crippen LogP contribution in [0, 0.1) is 11.8 Å². The minimum Gasteiger partial charge on any atom is -0.384 e. The number of carbonyl (C=O) groups excluding carboxylic acids is 1. The molecule has 4 nitrogen and oxygen atoms in total. The molecule has 0 saturated heterocycles. The van der Waals surface area contributed by atoms with E-state index in [-0.39, 0.29) is 12.5 Å². The van der Waals surface area contributed by atoms with Crippen LogP contribution >= 0.6 is 22.7 Å². The minimum absolute atomic E-state index is 0.189. The van der Waals surface area contributed by atoms with Gasteiger partial charge in [0, 0.05) is 0 Å². The second-order valence-electron chi connectivity index (χ2n) is 4.06. The molecule has 0 fully saturated rings. The molecule has 0 unspecified atom stereocenters. The van der Waals surface area contributed by atoms with Crippen LogP contribution in [0.1, 0.15) is 14.5 Å². The Hall–Kier alpha value is -2.20. The van der Waals surface area contributed by atoms with Gasteiger partial charge in [-0.3, -0.25) is 10.1 Å². The monoisotopic (exact) mass is 314 g/mol. The number of para-hydroxylation sites is 1. The molecule has 0 aliphatic heterocycles. The number of aliphatic hydroxyl groups excluding tert-OH is 1. The number of carbonyl (C=O) groups is 1. The molecule has 0 radical (unpaired) electrons. The zero-order valence-corrected chi connectivity index (χ0v) is 12.4. The summed E-state index contributed by atoms with van der Waals surface area (Å²) in [7, 11) is 0. The Morgan fingerprint density at radius 1 is 1.24 bits per heavy atom. The molecule has 1 aromatic carbocycles. The maximum absolute atomic E-state index is 12.1. The van der Waals surface area contributed by atoms with E-state index in [1.165, 1.54) is 22.7 Å². The zero-order valence-electron chi connectivity index (χ0n) is 10.8. The number of nitrogens with one attached hydrogen (secondary N) is 1. The number of benzene rings is 1. The van der Waals surface area contributed by atoms with E-state index in [9.17, 15) is 4.79 Å². The van der Waals surface area contributed by atoms with Gasteiger partial charge >= 0.3 is 0 Å². The number of thiophene rings is 1. The quantitative estimate of drug-likeness (QED) is 0.715. The summed E-state index contributed by atoms with van der Waals surface area (Å²) in [5.41, 5.74) is 0.874. The summed E-state index contributed by atoms with van der Waals surface area (Å²) in [5, 5.41) is 12.0. The van der Waals surface area contributed by atoms with Crippen molar-refractivity contribution in [1.29, 1.82) is 0 Å². The van der Waals surface area contributed by atoms with E-state index in [2.05, 4.69) is 22.1 Å². The predicted molar refractivity (Wildman–Crippen MR) is 85.9 cm³/mol. The van der Waals surface area contributed by atoms with Crippen LogP contribution in [0.15, 0.2) is 36.4 Å². The fourth-order valence-corrected chi connectivity index (χ4v) is 3.38. The van der Waals surface area contributed by atoms with Crippen LogP contribution in [0.3, 0.4) is 0 Å². The highest BCUT2D eigenvalue weighted by molar-refractivity contribution is 7.22. The summed E-state index contributed by atoms with van der Waals surface area (Å²) in [6, 6.07) is 11.2. The number of thiazole rings is 1. The summed E-state index contributed by atoms with van der Waals surface area (Å²) in [5.74, 6) is 5.14. The Morgan fingerprint density at radius 3 is 2.90 bits per heavy atom. The predicted octanol–water partition coefficient (Wildman–Crippen LogP) is 2.95. The molecule has 0 aliphatic carbocycles. The van der Waals surface area contributed by atoms with Gasteiger partial charge in [-0.1, -0.05) is 35.3 Å². The molecule has 0 spiro atoms. The Labute approximate surface area is 129 Å². The van der Waals surface area contributed by atoms with Crippen molar-refractivity contribution in [3.05, 3.63) is 46.2 Å². The molecule has 2 N–H and O–H groups in total. The highest BCUT2D eigenvalue weighted by atomic mass is 32.1. The maximum atomic E-state index is 12.1. The van der Waals surface area contributed by atoms with Gasteiger partial charge in [0.05, 0.1) is 20.0 Å². The van der Waals surface area contributed by atoms with Crippen molar-refractivity contribution in [3.63, 3.8) is 0 Å². The van der Waals surface area contributed by atoms with E-state index < -0.39 is 0 Å². The molecule has 2 heterocycles. The number of rotatable bonds is 2. The smallest absolute Gasteiger partial charge is 0.267 e. The minimum atomic E-state index is -0.198. The highest BCUT2D eigenvalue weighted by Crippen LogP contribution is 2.26. The Kier molecular flexibility index (Phi) is 3.97. The Morgan fingerprint density at radius 2 is 2.10 bits per heavy atom. The van der Waals surface area contributed by atoms with Gasteiger partial charge in [0.25, 0.3) is 5.91 Å². The Balaban J connectivity index is 1.77. The second-order valence-corrected chi connectivity index (χ2v) is 6.18. The first-order valence-corrected chi connectivity index (χ1v) is 7.76. The highest BCUT2D eigenvalue weighted by Gasteiger charge is 2.11. The third-order valence-corrected chi connectivity index (χ3v) is 4.59. The molecule has 21 heavy (non-hydrogen) atoms. The topological polar surface area (TPSA) is 62.2 Å². The van der Waals surface area contributed by atoms with Gasteiger partial charge in [-0.2, -0.15) is 0 Å². The van der Waals surface area contributed by atoms with Crippen LogP contribution in [0.25, 0.3) is 10.2 Å². The van der Waals surface area contributed by atoms with Crippen LogP contribution in [-0.4, -0.2) is 22.6 Å². The standard InChI is InChI=1S/C15H10N2O2S2/c18-9-3-4-10-7-8-13(20-10)14(19)17-15-16-11-5-1-2-6-12(11)21-15/h1-2,5-8,18H,9H2,(H,16,17,19). The first-order chi connectivity index (χ1) is 10.3. The number of aliphatic hydroxyl groups is 1. The average Bonchev–Trinajstić information content (AvgIpc) is 3.11. The van der Waals surface area contributed by atoms with E-state index in [0.29, 0.717) is 10.0 Å². The number of fused-ring (bicyclic) bond motifs is 1. The lowest BCUT2D eigenvalue weighted by Crippen LogP contribution is -2.09. The summed E-state index contributed by atoms with van der Waals surface area (Å²) in [4.78, 5) is 17.8. The van der Waals surface area contributed by atoms with Gasteiger partial charge in [0.15, 0.2) is 5.13 Å². The SMILES string of the molecule is O=C(Nc1nc2ccccc2s1)c1ccc(C#CCO)s1. The van der Waals surface area contributed by atoms with E-state index in [1.54, 1.807) is 12.1 Å². The molecule has 0 saturated carbocycles. The molecule has 0 atom stereocenters. The summed E-state index contributed by atoms with van der Waals surface area (Å²) in [6.45, 7) is -0.189. The van der Waals surface area contributed by atoms with Crippen molar-refractivity contribution in [2.24, 2.45) is 0 Å². The van der Waals surface area contributed by atoms with E-state index in [1.807, 2.05) is 24.3 Å². The van der Waals surface area contributed by atoms with E-state index in [0.717, 1.165) is 15.1 Å². The van der Waals surface area contributed by atoms with Gasteiger partial charge in [0.1, 0.15) is 6.61 Å². The number of anilines is 1. The second kappa shape index (κ2) is 6.06. The van der Waals surface area contributed by atoms with Gasteiger partial charge in [-0.15, -0.1) is 11.3 Å². The molecule has 6 heteroatoms. The molecular weight excluding hydrogens is 304 g/mol. The van der Waals surface area contributed by atoms with Crippen LogP contribution in [0.4, 0.5) is 5.13 Å². The maximum Gasteiger partial charge on any atom is 0.267 e. The molecule has 104 valence electrons. The van der Waals surface area contributed by atoms with Crippen LogP contribution < -0.4 is 5.32 Å². The fraction of sp³-hybridized carbons (Fsp3) is 0.0667. The number of hydrogen-bond donors (Lipinski definition) is 2. The van der Waals surface area contributed by atoms with Crippen molar-refractivity contribution in [3.8, 4) is 11.8 Å². The molecule has 2 aromatic heterocycles. The van der Waals surface area contributed by atoms with Crippen LogP contribution in [0.5, 0.6) is 0 Å². The number of amides is 1. The van der Waals surface area contributed by atoms with E-state index in [4.69, 9.17) is 5.11 Å². The molecule has 0 aliphatic rings. The lowest BCUT2D eigenvalue weighted by molar-refractivity contribution is 0.103. The number of hydrogen-bond acceptors (Lipinski definition) is 5. The zero-order chi connectivity index (χ0) is 14.7. The normalized spacial score (nSPS) is 10.1. The van der Waals surface area contributed by atoms with Gasteiger partial charge in [-0.05, 0) is 24.3 Å². The molecule has 3 aromatic rings. The fourth-order valence-electron chi connectivity index (χ4n) is 1.74. The summed E-state index contributed by atoms with van der Waals surface area (Å²) < 4.78 is 1.04. The first-order valence-electron chi connectivity index (χ1n) is 6.13. The molecule has 0 bridgehead atoms. The van der Waals surface area contributed by atoms with Gasteiger partial charge in [0.2, 0.25) is 0 Å². The van der Waals surface area contributed by atoms with Crippen molar-refractivity contribution in [2.75, 3.05) is 11.9 Å². The largest absolute Gasteiger partial charge is 0.384 e. The van der Waals surface area contributed by atoms with Gasteiger partial charge < -0.3 is 5.11 Å². The summed E-state index contributed by atoms with van der Waals surface area (Å²) in [6.07, 6.45) is 0. The third-order valence-electron chi connectivity index (χ3n) is 2.63. The van der Waals surface area contributed by atoms with E-state index >= 15 is 0 Å². The van der Waals surface area contributed by atoms with Crippen molar-refractivity contribution < 1.29 is 9.90 Å². The van der Waals surface area contributed by atoms with Crippen LogP contribution in [-0.2, 0) is 0 Å². The molecular formula is C15H10N2O2S2. The lowest BCUT2D eigenvalue weighted by atomic mass is 10.3. The first kappa shape index (κ1) is 13.8. The van der Waals surface area contributed by atoms with Crippen molar-refractivity contribution >= 4 is 43.9 Å². The molecule has 3 rings (SSSR count). The Bertz CT molecular complexity index is 822. The third kappa shape index (κ3) is 3.11. The lowest BCUT2D eigenvalue weighted by Gasteiger charge is -1.96. The molecule has 1 amide bonds. The van der Waals surface area contributed by atoms with Gasteiger partial charge in [-0.25, -0.2) is 4.98 Å². The number of aromatic nitrogens is 1. The number of nitrogens with zero attached hydrogens (tertiary/aromatic N) is 1. The van der Waals surface area contributed by atoms with Crippen molar-refractivity contribution in [1.82, 2.24) is 4.98 Å². The van der Waals surface area contributed by atoms with Crippen molar-refractivity contribution in [2.45, 2.75) is 0 Å². The van der Waals surface area contributed by atoms with Crippen LogP contribution in [0.2, 0.25) is 0 Å². The average molecular weight is 314 g/mol. The summed E-state index contributed by atoms with van der Waals surface area (Å²) >= 11 is 2.73.